The number of hydrogen-bond donors (Lipinski definition) is 1. The molecule has 0 bridgehead atoms. The third-order valence-electron chi connectivity index (χ3n) is 3.76. The highest BCUT2D eigenvalue weighted by molar-refractivity contribution is 7.14. The van der Waals surface area contributed by atoms with E-state index in [1.54, 1.807) is 24.3 Å². The Labute approximate surface area is 155 Å². The number of rotatable bonds is 6. The molecule has 0 aliphatic carbocycles. The molecule has 0 fully saturated rings. The van der Waals surface area contributed by atoms with Gasteiger partial charge in [0.25, 0.3) is 5.91 Å². The first-order valence-corrected chi connectivity index (χ1v) is 9.03. The molecule has 6 heteroatoms. The van der Waals surface area contributed by atoms with Crippen LogP contribution in [0, 0.1) is 11.3 Å². The van der Waals surface area contributed by atoms with Gasteiger partial charge in [-0.25, -0.2) is 4.98 Å². The Hall–Kier alpha value is -3.17. The summed E-state index contributed by atoms with van der Waals surface area (Å²) in [6.07, 6.45) is 0.998. The zero-order valence-electron chi connectivity index (χ0n) is 14.2. The fraction of sp³-hybridized carbons (Fsp3) is 0.150. The average molecular weight is 363 g/mol. The molecular weight excluding hydrogens is 346 g/mol. The van der Waals surface area contributed by atoms with Crippen LogP contribution in [0.1, 0.15) is 18.1 Å². The molecule has 0 aliphatic heterocycles. The van der Waals surface area contributed by atoms with Gasteiger partial charge in [-0.2, -0.15) is 5.26 Å². The summed E-state index contributed by atoms with van der Waals surface area (Å²) in [5, 5.41) is 13.9. The minimum absolute atomic E-state index is 0.119. The highest BCUT2D eigenvalue weighted by Gasteiger charge is 2.09. The van der Waals surface area contributed by atoms with Crippen molar-refractivity contribution in [2.24, 2.45) is 0 Å². The van der Waals surface area contributed by atoms with Crippen LogP contribution in [-0.4, -0.2) is 17.5 Å². The Bertz CT molecular complexity index is 925. The second-order valence-electron chi connectivity index (χ2n) is 5.56. The summed E-state index contributed by atoms with van der Waals surface area (Å²) >= 11 is 1.37. The van der Waals surface area contributed by atoms with Crippen LogP contribution in [0.25, 0.3) is 11.3 Å². The molecule has 1 heterocycles. The Kier molecular flexibility index (Phi) is 5.62. The van der Waals surface area contributed by atoms with Gasteiger partial charge in [-0.3, -0.25) is 10.1 Å². The topological polar surface area (TPSA) is 75.0 Å². The van der Waals surface area contributed by atoms with Gasteiger partial charge in [0.2, 0.25) is 0 Å². The van der Waals surface area contributed by atoms with Crippen molar-refractivity contribution >= 4 is 22.4 Å². The number of carbonyl (C=O) groups is 1. The van der Waals surface area contributed by atoms with E-state index in [4.69, 9.17) is 10.00 Å². The molecule has 2 aromatic carbocycles. The largest absolute Gasteiger partial charge is 0.484 e. The predicted molar refractivity (Wildman–Crippen MR) is 102 cm³/mol. The second kappa shape index (κ2) is 8.28. The number of aromatic nitrogens is 1. The number of anilines is 1. The molecule has 0 saturated carbocycles. The van der Waals surface area contributed by atoms with Crippen LogP contribution in [0.2, 0.25) is 0 Å². The lowest BCUT2D eigenvalue weighted by Gasteiger charge is -2.05. The summed E-state index contributed by atoms with van der Waals surface area (Å²) in [5.74, 6) is 0.256. The highest BCUT2D eigenvalue weighted by atomic mass is 32.1. The van der Waals surface area contributed by atoms with Crippen molar-refractivity contribution in [3.63, 3.8) is 0 Å². The maximum absolute atomic E-state index is 12.0. The van der Waals surface area contributed by atoms with Crippen molar-refractivity contribution in [2.75, 3.05) is 11.9 Å². The summed E-state index contributed by atoms with van der Waals surface area (Å²) in [6.45, 7) is 2.00. The lowest BCUT2D eigenvalue weighted by Crippen LogP contribution is -2.20. The molecule has 3 rings (SSSR count). The zero-order chi connectivity index (χ0) is 18.4. The van der Waals surface area contributed by atoms with Gasteiger partial charge in [0.05, 0.1) is 17.3 Å². The molecule has 3 aromatic rings. The number of nitrogens with one attached hydrogen (secondary N) is 1. The third-order valence-corrected chi connectivity index (χ3v) is 4.52. The maximum atomic E-state index is 12.0. The molecule has 1 amide bonds. The van der Waals surface area contributed by atoms with Crippen molar-refractivity contribution in [1.82, 2.24) is 4.98 Å². The molecule has 0 atom stereocenters. The van der Waals surface area contributed by atoms with Crippen LogP contribution in [0.15, 0.2) is 53.9 Å². The summed E-state index contributed by atoms with van der Waals surface area (Å²) in [5.41, 5.74) is 3.68. The molecule has 0 unspecified atom stereocenters. The lowest BCUT2D eigenvalue weighted by molar-refractivity contribution is -0.118. The maximum Gasteiger partial charge on any atom is 0.264 e. The smallest absolute Gasteiger partial charge is 0.264 e. The fourth-order valence-corrected chi connectivity index (χ4v) is 3.04. The first kappa shape index (κ1) is 17.6. The Morgan fingerprint density at radius 3 is 2.58 bits per heavy atom. The van der Waals surface area contributed by atoms with Gasteiger partial charge in [0.1, 0.15) is 5.75 Å². The normalized spacial score (nSPS) is 10.2. The average Bonchev–Trinajstić information content (AvgIpc) is 3.15. The highest BCUT2D eigenvalue weighted by Crippen LogP contribution is 2.25. The van der Waals surface area contributed by atoms with Gasteiger partial charge in [0, 0.05) is 10.9 Å². The summed E-state index contributed by atoms with van der Waals surface area (Å²) < 4.78 is 5.41. The number of nitrogens with zero attached hydrogens (tertiary/aromatic N) is 2. The van der Waals surface area contributed by atoms with Crippen molar-refractivity contribution in [3.8, 4) is 23.1 Å². The molecule has 1 aromatic heterocycles. The molecule has 130 valence electrons. The number of thiazole rings is 1. The number of aryl methyl sites for hydroxylation is 1. The van der Waals surface area contributed by atoms with E-state index < -0.39 is 0 Å². The van der Waals surface area contributed by atoms with Crippen molar-refractivity contribution in [1.29, 1.82) is 5.26 Å². The SMILES string of the molecule is CCc1ccc(-c2csc(NC(=O)COc3ccc(C#N)cc3)n2)cc1. The van der Waals surface area contributed by atoms with E-state index >= 15 is 0 Å². The van der Waals surface area contributed by atoms with Crippen LogP contribution in [0.4, 0.5) is 5.13 Å². The molecule has 5 nitrogen and oxygen atoms in total. The van der Waals surface area contributed by atoms with E-state index in [2.05, 4.69) is 29.4 Å². The van der Waals surface area contributed by atoms with E-state index in [9.17, 15) is 4.79 Å². The first-order chi connectivity index (χ1) is 12.7. The number of benzene rings is 2. The van der Waals surface area contributed by atoms with Gasteiger partial charge < -0.3 is 4.74 Å². The van der Waals surface area contributed by atoms with E-state index in [1.807, 2.05) is 23.6 Å². The van der Waals surface area contributed by atoms with Crippen molar-refractivity contribution in [3.05, 3.63) is 65.0 Å². The molecule has 0 saturated heterocycles. The van der Waals surface area contributed by atoms with E-state index in [-0.39, 0.29) is 12.5 Å². The van der Waals surface area contributed by atoms with Crippen molar-refractivity contribution < 1.29 is 9.53 Å². The third kappa shape index (κ3) is 4.47. The zero-order valence-corrected chi connectivity index (χ0v) is 15.0. The molecular formula is C20H17N3O2S. The van der Waals surface area contributed by atoms with E-state index in [1.165, 1.54) is 16.9 Å². The Balaban J connectivity index is 1.56. The summed E-state index contributed by atoms with van der Waals surface area (Å²) in [7, 11) is 0. The monoisotopic (exact) mass is 363 g/mol. The van der Waals surface area contributed by atoms with Crippen LogP contribution in [0.3, 0.4) is 0 Å². The minimum atomic E-state index is -0.281. The van der Waals surface area contributed by atoms with Gasteiger partial charge in [-0.05, 0) is 36.2 Å². The number of hydrogen-bond acceptors (Lipinski definition) is 5. The van der Waals surface area contributed by atoms with Gasteiger partial charge in [-0.1, -0.05) is 31.2 Å². The first-order valence-electron chi connectivity index (χ1n) is 8.15. The molecule has 0 aliphatic rings. The van der Waals surface area contributed by atoms with Gasteiger partial charge in [0.15, 0.2) is 11.7 Å². The number of ether oxygens (including phenoxy) is 1. The Morgan fingerprint density at radius 2 is 1.92 bits per heavy atom. The number of nitriles is 1. The molecule has 1 N–H and O–H groups in total. The van der Waals surface area contributed by atoms with Crippen LogP contribution in [-0.2, 0) is 11.2 Å². The minimum Gasteiger partial charge on any atom is -0.484 e. The predicted octanol–water partition coefficient (Wildman–Crippen LogP) is 4.26. The van der Waals surface area contributed by atoms with Crippen LogP contribution < -0.4 is 10.1 Å². The Morgan fingerprint density at radius 1 is 1.19 bits per heavy atom. The number of amides is 1. The van der Waals surface area contributed by atoms with Crippen LogP contribution >= 0.6 is 11.3 Å². The summed E-state index contributed by atoms with van der Waals surface area (Å²) in [6, 6.07) is 16.9. The lowest BCUT2D eigenvalue weighted by atomic mass is 10.1. The van der Waals surface area contributed by atoms with Gasteiger partial charge >= 0.3 is 0 Å². The quantitative estimate of drug-likeness (QED) is 0.710. The number of carbonyl (C=O) groups excluding carboxylic acids is 1. The molecule has 0 spiro atoms. The molecule has 0 radical (unpaired) electrons. The summed E-state index contributed by atoms with van der Waals surface area (Å²) in [4.78, 5) is 16.5. The molecule has 26 heavy (non-hydrogen) atoms. The van der Waals surface area contributed by atoms with E-state index in [0.29, 0.717) is 16.4 Å². The van der Waals surface area contributed by atoms with Crippen molar-refractivity contribution in [2.45, 2.75) is 13.3 Å². The second-order valence-corrected chi connectivity index (χ2v) is 6.42. The fourth-order valence-electron chi connectivity index (χ4n) is 2.30. The van der Waals surface area contributed by atoms with E-state index in [0.717, 1.165) is 17.7 Å². The van der Waals surface area contributed by atoms with Gasteiger partial charge in [-0.15, -0.1) is 11.3 Å². The standard InChI is InChI=1S/C20H17N3O2S/c1-2-14-3-7-16(8-4-14)18-13-26-20(22-18)23-19(24)12-25-17-9-5-15(11-21)6-10-17/h3-10,13H,2,12H2,1H3,(H,22,23,24). The van der Waals surface area contributed by atoms with Crippen LogP contribution in [0.5, 0.6) is 5.75 Å².